The molecule has 2 aliphatic rings. The van der Waals surface area contributed by atoms with E-state index in [1.807, 2.05) is 35.5 Å². The monoisotopic (exact) mass is 542 g/mol. The molecular weight excluding hydrogens is 512 g/mol. The molecule has 4 heterocycles. The number of fused-ring (bicyclic) bond motifs is 1. The molecule has 204 valence electrons. The molecule has 3 N–H and O–H groups in total. The van der Waals surface area contributed by atoms with E-state index in [1.54, 1.807) is 18.7 Å². The van der Waals surface area contributed by atoms with Crippen LogP contribution in [-0.4, -0.2) is 51.9 Å². The second-order valence-electron chi connectivity index (χ2n) is 10.6. The second-order valence-corrected chi connectivity index (χ2v) is 10.6. The smallest absolute Gasteiger partial charge is 0.314 e. The second kappa shape index (κ2) is 10.9. The van der Waals surface area contributed by atoms with Gasteiger partial charge in [-0.25, -0.2) is 19.8 Å². The Balaban J connectivity index is 1.29. The fourth-order valence-corrected chi connectivity index (χ4v) is 6.13. The Kier molecular flexibility index (Phi) is 6.70. The van der Waals surface area contributed by atoms with E-state index in [0.29, 0.717) is 18.4 Å². The molecular formula is C32H30N8O. The molecule has 0 saturated carbocycles. The topological polar surface area (TPSA) is 114 Å². The Hall–Kier alpha value is -4.89. The first-order valence-corrected chi connectivity index (χ1v) is 14.0. The summed E-state index contributed by atoms with van der Waals surface area (Å²) >= 11 is 0. The lowest BCUT2D eigenvalue weighted by atomic mass is 9.82. The molecule has 2 aromatic heterocycles. The highest BCUT2D eigenvalue weighted by molar-refractivity contribution is 5.94. The van der Waals surface area contributed by atoms with Crippen LogP contribution in [0.1, 0.15) is 29.9 Å². The summed E-state index contributed by atoms with van der Waals surface area (Å²) in [6.07, 6.45) is 9.76. The van der Waals surface area contributed by atoms with E-state index in [9.17, 15) is 4.79 Å². The van der Waals surface area contributed by atoms with E-state index in [2.05, 4.69) is 77.7 Å². The number of nitrogens with zero attached hydrogens (tertiary/aromatic N) is 5. The third kappa shape index (κ3) is 5.07. The van der Waals surface area contributed by atoms with Crippen molar-refractivity contribution in [3.05, 3.63) is 101 Å². The van der Waals surface area contributed by atoms with Crippen molar-refractivity contribution in [2.75, 3.05) is 18.1 Å². The zero-order valence-corrected chi connectivity index (χ0v) is 22.5. The highest BCUT2D eigenvalue weighted by Gasteiger charge is 2.27. The number of aliphatic imine (C=N–C) groups is 2. The Labute approximate surface area is 237 Å². The average Bonchev–Trinajstić information content (AvgIpc) is 3.42. The maximum atomic E-state index is 12.0. The lowest BCUT2D eigenvalue weighted by Gasteiger charge is -2.32. The Morgan fingerprint density at radius 3 is 2.63 bits per heavy atom. The van der Waals surface area contributed by atoms with Gasteiger partial charge in [-0.05, 0) is 78.2 Å². The van der Waals surface area contributed by atoms with Crippen molar-refractivity contribution in [2.45, 2.75) is 31.2 Å². The van der Waals surface area contributed by atoms with Gasteiger partial charge in [0.1, 0.15) is 13.0 Å². The Bertz CT molecular complexity index is 1790. The van der Waals surface area contributed by atoms with Gasteiger partial charge in [-0.15, -0.1) is 0 Å². The molecule has 3 aromatic carbocycles. The Morgan fingerprint density at radius 1 is 0.927 bits per heavy atom. The van der Waals surface area contributed by atoms with E-state index in [1.165, 1.54) is 16.7 Å². The number of imidazole rings is 1. The maximum absolute atomic E-state index is 12.0. The molecule has 2 unspecified atom stereocenters. The van der Waals surface area contributed by atoms with Crippen molar-refractivity contribution < 1.29 is 0 Å². The summed E-state index contributed by atoms with van der Waals surface area (Å²) in [4.78, 5) is 37.9. The number of piperidine rings is 1. The summed E-state index contributed by atoms with van der Waals surface area (Å²) < 4.78 is 0. The van der Waals surface area contributed by atoms with Crippen molar-refractivity contribution in [1.82, 2.24) is 25.3 Å². The standard InChI is InChI=1S/C32H30N8O/c41-32-38-28-9-4-8-25(30(28)39-32)22-10-13-35-24(14-22)15-23-16-27(31-36-11-5-12-37-31)29(40-19-33-18-34-20-40)17-26(23)21-6-2-1-3-7-21/h1-9,11-12,16-19,22,24,35H,10,13-15,20H2,(H2,38,39,41). The van der Waals surface area contributed by atoms with Crippen LogP contribution in [-0.2, 0) is 6.42 Å². The van der Waals surface area contributed by atoms with Gasteiger partial charge in [-0.3, -0.25) is 4.99 Å². The van der Waals surface area contributed by atoms with Crippen LogP contribution in [0.4, 0.5) is 5.69 Å². The molecule has 0 amide bonds. The number of anilines is 1. The van der Waals surface area contributed by atoms with Crippen LogP contribution in [0.2, 0.25) is 0 Å². The van der Waals surface area contributed by atoms with Crippen LogP contribution in [0.25, 0.3) is 33.5 Å². The summed E-state index contributed by atoms with van der Waals surface area (Å²) in [6, 6.07) is 23.2. The Morgan fingerprint density at radius 2 is 1.80 bits per heavy atom. The fourth-order valence-electron chi connectivity index (χ4n) is 6.13. The zero-order valence-electron chi connectivity index (χ0n) is 22.5. The van der Waals surface area contributed by atoms with Gasteiger partial charge in [-0.1, -0.05) is 42.5 Å². The predicted octanol–water partition coefficient (Wildman–Crippen LogP) is 4.89. The average molecular weight is 543 g/mol. The molecule has 0 radical (unpaired) electrons. The van der Waals surface area contributed by atoms with E-state index < -0.39 is 0 Å². The van der Waals surface area contributed by atoms with Crippen molar-refractivity contribution in [1.29, 1.82) is 0 Å². The van der Waals surface area contributed by atoms with E-state index >= 15 is 0 Å². The summed E-state index contributed by atoms with van der Waals surface area (Å²) in [5, 5.41) is 3.77. The molecule has 2 atom stereocenters. The van der Waals surface area contributed by atoms with E-state index in [-0.39, 0.29) is 11.7 Å². The molecule has 7 rings (SSSR count). The number of aromatic nitrogens is 4. The summed E-state index contributed by atoms with van der Waals surface area (Å²) in [5.74, 6) is 1.01. The number of benzene rings is 3. The predicted molar refractivity (Wildman–Crippen MR) is 164 cm³/mol. The molecule has 9 heteroatoms. The van der Waals surface area contributed by atoms with Crippen molar-refractivity contribution >= 4 is 29.4 Å². The minimum absolute atomic E-state index is 0.161. The van der Waals surface area contributed by atoms with Gasteiger partial charge >= 0.3 is 5.69 Å². The molecule has 1 saturated heterocycles. The van der Waals surface area contributed by atoms with Crippen LogP contribution < -0.4 is 15.9 Å². The molecule has 0 bridgehead atoms. The van der Waals surface area contributed by atoms with Crippen LogP contribution >= 0.6 is 0 Å². The van der Waals surface area contributed by atoms with Crippen LogP contribution in [0.5, 0.6) is 0 Å². The molecule has 2 aliphatic heterocycles. The third-order valence-electron chi connectivity index (χ3n) is 8.00. The first-order chi connectivity index (χ1) is 20.2. The number of rotatable bonds is 6. The van der Waals surface area contributed by atoms with Gasteiger partial charge in [0, 0.05) is 24.0 Å². The fraction of sp³-hybridized carbons (Fsp3) is 0.219. The SMILES string of the molecule is O=c1[nH]c2cccc(C3CCNC(Cc4cc(-c5ncccn5)c(N5C=NC=NC5)cc4-c4ccccc4)C3)c2[nH]1. The van der Waals surface area contributed by atoms with Crippen molar-refractivity contribution in [3.63, 3.8) is 0 Å². The number of H-pyrrole nitrogens is 2. The summed E-state index contributed by atoms with van der Waals surface area (Å²) in [6.45, 7) is 1.39. The van der Waals surface area contributed by atoms with Crippen molar-refractivity contribution in [2.24, 2.45) is 9.98 Å². The molecule has 5 aromatic rings. The molecule has 41 heavy (non-hydrogen) atoms. The highest BCUT2D eigenvalue weighted by Crippen LogP contribution is 2.38. The van der Waals surface area contributed by atoms with Gasteiger partial charge in [0.15, 0.2) is 5.82 Å². The summed E-state index contributed by atoms with van der Waals surface area (Å²) in [5.41, 5.74) is 8.30. The minimum atomic E-state index is -0.161. The maximum Gasteiger partial charge on any atom is 0.323 e. The number of hydrogen-bond acceptors (Lipinski definition) is 7. The van der Waals surface area contributed by atoms with E-state index in [0.717, 1.165) is 53.7 Å². The highest BCUT2D eigenvalue weighted by atomic mass is 16.1. The van der Waals surface area contributed by atoms with Gasteiger partial charge in [0.05, 0.1) is 23.1 Å². The summed E-state index contributed by atoms with van der Waals surface area (Å²) in [7, 11) is 0. The minimum Gasteiger partial charge on any atom is -0.314 e. The largest absolute Gasteiger partial charge is 0.323 e. The third-order valence-corrected chi connectivity index (χ3v) is 8.00. The number of nitrogens with one attached hydrogen (secondary N) is 3. The number of para-hydroxylation sites is 1. The lowest BCUT2D eigenvalue weighted by molar-refractivity contribution is 0.361. The normalized spacial score (nSPS) is 18.7. The van der Waals surface area contributed by atoms with Gasteiger partial charge in [0.2, 0.25) is 0 Å². The molecule has 0 aliphatic carbocycles. The van der Waals surface area contributed by atoms with Gasteiger partial charge < -0.3 is 20.2 Å². The lowest BCUT2D eigenvalue weighted by Crippen LogP contribution is -2.39. The van der Waals surface area contributed by atoms with Crippen molar-refractivity contribution in [3.8, 4) is 22.5 Å². The number of aromatic amines is 2. The molecule has 1 fully saturated rings. The first-order valence-electron chi connectivity index (χ1n) is 14.0. The molecule has 0 spiro atoms. The zero-order chi connectivity index (χ0) is 27.6. The molecule has 9 nitrogen and oxygen atoms in total. The van der Waals surface area contributed by atoms with E-state index in [4.69, 9.17) is 0 Å². The van der Waals surface area contributed by atoms with Gasteiger partial charge in [0.25, 0.3) is 0 Å². The quantitative estimate of drug-likeness (QED) is 0.283. The van der Waals surface area contributed by atoms with Crippen LogP contribution in [0.3, 0.4) is 0 Å². The van der Waals surface area contributed by atoms with Crippen LogP contribution in [0.15, 0.2) is 93.9 Å². The van der Waals surface area contributed by atoms with Gasteiger partial charge in [-0.2, -0.15) is 0 Å². The first kappa shape index (κ1) is 25.1. The number of hydrogen-bond donors (Lipinski definition) is 3. The van der Waals surface area contributed by atoms with Crippen LogP contribution in [0, 0.1) is 0 Å².